The average molecular weight is 298 g/mol. The van der Waals surface area contributed by atoms with Crippen molar-refractivity contribution in [3.05, 3.63) is 48.6 Å². The van der Waals surface area contributed by atoms with Crippen LogP contribution in [0.25, 0.3) is 11.1 Å². The van der Waals surface area contributed by atoms with Crippen molar-refractivity contribution < 1.29 is 9.21 Å². The molecule has 0 aliphatic heterocycles. The molecule has 0 spiro atoms. The molecular formula is C16H18N4O2. The van der Waals surface area contributed by atoms with Crippen molar-refractivity contribution in [1.82, 2.24) is 20.1 Å². The molecule has 0 aliphatic rings. The predicted octanol–water partition coefficient (Wildman–Crippen LogP) is 2.33. The van der Waals surface area contributed by atoms with Crippen molar-refractivity contribution >= 4 is 17.0 Å². The van der Waals surface area contributed by atoms with Gasteiger partial charge >= 0.3 is 0 Å². The summed E-state index contributed by atoms with van der Waals surface area (Å²) in [6.07, 6.45) is 4.73. The molecule has 6 heteroatoms. The van der Waals surface area contributed by atoms with Crippen LogP contribution in [0.4, 0.5) is 0 Å². The molecule has 0 saturated carbocycles. The van der Waals surface area contributed by atoms with Crippen molar-refractivity contribution in [2.45, 2.75) is 25.8 Å². The second-order valence-electron chi connectivity index (χ2n) is 5.03. The van der Waals surface area contributed by atoms with Gasteiger partial charge in [0.05, 0.1) is 0 Å². The lowest BCUT2D eigenvalue weighted by Crippen LogP contribution is -2.33. The number of fused-ring (bicyclic) bond motifs is 1. The summed E-state index contributed by atoms with van der Waals surface area (Å²) in [6.45, 7) is 2.45. The molecule has 0 saturated heterocycles. The van der Waals surface area contributed by atoms with E-state index >= 15 is 0 Å². The topological polar surface area (TPSA) is 73.0 Å². The molecular weight excluding hydrogens is 280 g/mol. The number of aromatic nitrogens is 3. The van der Waals surface area contributed by atoms with Crippen LogP contribution in [0.5, 0.6) is 0 Å². The lowest BCUT2D eigenvalue weighted by molar-refractivity contribution is -0.124. The van der Waals surface area contributed by atoms with Gasteiger partial charge < -0.3 is 9.73 Å². The van der Waals surface area contributed by atoms with E-state index in [2.05, 4.69) is 15.4 Å². The van der Waals surface area contributed by atoms with E-state index in [4.69, 9.17) is 4.42 Å². The number of carbonyl (C=O) groups excluding carboxylic acids is 1. The fraction of sp³-hybridized carbons (Fsp3) is 0.312. The van der Waals surface area contributed by atoms with Gasteiger partial charge in [-0.25, -0.2) is 4.98 Å². The minimum atomic E-state index is -0.279. The molecule has 0 aliphatic carbocycles. The van der Waals surface area contributed by atoms with Crippen molar-refractivity contribution in [3.63, 3.8) is 0 Å². The molecule has 3 rings (SSSR count). The molecule has 0 bridgehead atoms. The number of hydrogen-bond acceptors (Lipinski definition) is 4. The highest BCUT2D eigenvalue weighted by atomic mass is 16.3. The van der Waals surface area contributed by atoms with E-state index in [1.165, 1.54) is 0 Å². The number of para-hydroxylation sites is 2. The van der Waals surface area contributed by atoms with E-state index in [1.807, 2.05) is 37.3 Å². The molecule has 2 aromatic heterocycles. The van der Waals surface area contributed by atoms with Crippen LogP contribution in [0.3, 0.4) is 0 Å². The number of nitrogens with zero attached hydrogens (tertiary/aromatic N) is 3. The van der Waals surface area contributed by atoms with Gasteiger partial charge in [-0.05, 0) is 24.6 Å². The van der Waals surface area contributed by atoms with E-state index in [-0.39, 0.29) is 11.9 Å². The maximum atomic E-state index is 12.2. The first-order valence-corrected chi connectivity index (χ1v) is 7.39. The van der Waals surface area contributed by atoms with Gasteiger partial charge in [-0.2, -0.15) is 5.10 Å². The highest BCUT2D eigenvalue weighted by Crippen LogP contribution is 2.15. The molecule has 0 radical (unpaired) electrons. The smallest absolute Gasteiger partial charge is 0.244 e. The Morgan fingerprint density at radius 3 is 2.95 bits per heavy atom. The van der Waals surface area contributed by atoms with E-state index in [1.54, 1.807) is 17.1 Å². The fourth-order valence-electron chi connectivity index (χ4n) is 2.39. The Morgan fingerprint density at radius 1 is 1.36 bits per heavy atom. The number of nitrogens with one attached hydrogen (secondary N) is 1. The summed E-state index contributed by atoms with van der Waals surface area (Å²) >= 11 is 0. The summed E-state index contributed by atoms with van der Waals surface area (Å²) in [5.41, 5.74) is 1.61. The Labute approximate surface area is 128 Å². The summed E-state index contributed by atoms with van der Waals surface area (Å²) in [7, 11) is 0. The second kappa shape index (κ2) is 6.43. The lowest BCUT2D eigenvalue weighted by Gasteiger charge is -2.15. The molecule has 114 valence electrons. The van der Waals surface area contributed by atoms with Crippen LogP contribution in [0, 0.1) is 0 Å². The molecule has 6 nitrogen and oxygen atoms in total. The first-order valence-electron chi connectivity index (χ1n) is 7.39. The minimum Gasteiger partial charge on any atom is -0.441 e. The van der Waals surface area contributed by atoms with E-state index in [0.29, 0.717) is 25.3 Å². The summed E-state index contributed by atoms with van der Waals surface area (Å²) in [5.74, 6) is 0.593. The average Bonchev–Trinajstić information content (AvgIpc) is 3.16. The van der Waals surface area contributed by atoms with Gasteiger partial charge in [-0.1, -0.05) is 19.1 Å². The monoisotopic (exact) mass is 298 g/mol. The molecule has 1 aromatic carbocycles. The SMILES string of the molecule is CC[C@@H](C(=O)NCCc1nc2ccccc2o1)n1cccn1. The van der Waals surface area contributed by atoms with Crippen LogP contribution in [0.15, 0.2) is 47.1 Å². The number of carbonyl (C=O) groups is 1. The zero-order valence-corrected chi connectivity index (χ0v) is 12.4. The van der Waals surface area contributed by atoms with E-state index in [0.717, 1.165) is 11.1 Å². The Morgan fingerprint density at radius 2 is 2.23 bits per heavy atom. The van der Waals surface area contributed by atoms with Crippen LogP contribution in [-0.4, -0.2) is 27.2 Å². The van der Waals surface area contributed by atoms with Crippen LogP contribution in [-0.2, 0) is 11.2 Å². The number of amides is 1. The molecule has 22 heavy (non-hydrogen) atoms. The van der Waals surface area contributed by atoms with Gasteiger partial charge in [-0.15, -0.1) is 0 Å². The quantitative estimate of drug-likeness (QED) is 0.758. The number of oxazole rings is 1. The third-order valence-corrected chi connectivity index (χ3v) is 3.51. The zero-order valence-electron chi connectivity index (χ0n) is 12.4. The highest BCUT2D eigenvalue weighted by Gasteiger charge is 2.18. The third-order valence-electron chi connectivity index (χ3n) is 3.51. The summed E-state index contributed by atoms with van der Waals surface area (Å²) in [6, 6.07) is 9.16. The summed E-state index contributed by atoms with van der Waals surface area (Å²) in [5, 5.41) is 7.04. The number of benzene rings is 1. The Balaban J connectivity index is 1.57. The molecule has 0 fully saturated rings. The van der Waals surface area contributed by atoms with E-state index < -0.39 is 0 Å². The van der Waals surface area contributed by atoms with Gasteiger partial charge in [0.2, 0.25) is 5.91 Å². The molecule has 1 atom stereocenters. The Bertz CT molecular complexity index is 715. The number of hydrogen-bond donors (Lipinski definition) is 1. The maximum Gasteiger partial charge on any atom is 0.244 e. The zero-order chi connectivity index (χ0) is 15.4. The molecule has 3 aromatic rings. The Kier molecular flexibility index (Phi) is 4.18. The molecule has 2 heterocycles. The fourth-order valence-corrected chi connectivity index (χ4v) is 2.39. The standard InChI is InChI=1S/C16H18N4O2/c1-2-13(20-11-5-9-18-20)16(21)17-10-8-15-19-12-6-3-4-7-14(12)22-15/h3-7,9,11,13H,2,8,10H2,1H3,(H,17,21)/t13-/m0/s1. The van der Waals surface area contributed by atoms with Crippen molar-refractivity contribution in [3.8, 4) is 0 Å². The van der Waals surface area contributed by atoms with Crippen molar-refractivity contribution in [2.24, 2.45) is 0 Å². The first kappa shape index (κ1) is 14.3. The lowest BCUT2D eigenvalue weighted by atomic mass is 10.2. The van der Waals surface area contributed by atoms with Gasteiger partial charge in [0, 0.05) is 25.4 Å². The normalized spacial score (nSPS) is 12.4. The van der Waals surface area contributed by atoms with Gasteiger partial charge in [0.15, 0.2) is 11.5 Å². The highest BCUT2D eigenvalue weighted by molar-refractivity contribution is 5.80. The molecule has 1 N–H and O–H groups in total. The Hall–Kier alpha value is -2.63. The number of rotatable bonds is 6. The van der Waals surface area contributed by atoms with Crippen LogP contribution < -0.4 is 5.32 Å². The van der Waals surface area contributed by atoms with Crippen LogP contribution >= 0.6 is 0 Å². The maximum absolute atomic E-state index is 12.2. The van der Waals surface area contributed by atoms with Gasteiger partial charge in [-0.3, -0.25) is 9.48 Å². The summed E-state index contributed by atoms with van der Waals surface area (Å²) < 4.78 is 7.30. The predicted molar refractivity (Wildman–Crippen MR) is 82.3 cm³/mol. The van der Waals surface area contributed by atoms with E-state index in [9.17, 15) is 4.79 Å². The molecule has 1 amide bonds. The van der Waals surface area contributed by atoms with Crippen molar-refractivity contribution in [2.75, 3.05) is 6.54 Å². The minimum absolute atomic E-state index is 0.0395. The van der Waals surface area contributed by atoms with Crippen LogP contribution in [0.1, 0.15) is 25.3 Å². The molecule has 0 unspecified atom stereocenters. The van der Waals surface area contributed by atoms with Crippen molar-refractivity contribution in [1.29, 1.82) is 0 Å². The third kappa shape index (κ3) is 3.00. The van der Waals surface area contributed by atoms with Crippen LogP contribution in [0.2, 0.25) is 0 Å². The largest absolute Gasteiger partial charge is 0.441 e. The summed E-state index contributed by atoms with van der Waals surface area (Å²) in [4.78, 5) is 16.6. The van der Waals surface area contributed by atoms with Gasteiger partial charge in [0.1, 0.15) is 11.6 Å². The second-order valence-corrected chi connectivity index (χ2v) is 5.03. The first-order chi connectivity index (χ1) is 10.8. The van der Waals surface area contributed by atoms with Gasteiger partial charge in [0.25, 0.3) is 0 Å².